The minimum absolute atomic E-state index is 0.410. The van der Waals surface area contributed by atoms with Gasteiger partial charge in [-0.15, -0.1) is 0 Å². The summed E-state index contributed by atoms with van der Waals surface area (Å²) in [5.74, 6) is 0.702. The Kier molecular flexibility index (Phi) is 4.67. The molecule has 0 atom stereocenters. The predicted molar refractivity (Wildman–Crippen MR) is 58.5 cm³/mol. The molecule has 1 aromatic rings. The molecule has 1 rings (SSSR count). The fourth-order valence-electron chi connectivity index (χ4n) is 1.01. The van der Waals surface area contributed by atoms with Crippen LogP contribution in [0.5, 0.6) is 0 Å². The van der Waals surface area contributed by atoms with E-state index in [2.05, 4.69) is 25.9 Å². The fraction of sp³-hybridized carbons (Fsp3) is 0.500. The molecule has 1 heterocycles. The Bertz CT molecular complexity index is 367. The average molecular weight is 279 g/mol. The zero-order valence-corrected chi connectivity index (χ0v) is 10.4. The van der Waals surface area contributed by atoms with Crippen LogP contribution in [0.1, 0.15) is 11.5 Å². The van der Waals surface area contributed by atoms with Crippen LogP contribution in [0, 0.1) is 4.64 Å². The molecule has 0 fully saturated rings. The molecule has 0 bridgehead atoms. The SMILES string of the molecule is COCc1nc(=S)c(Br)c(COC)[nH]1. The van der Waals surface area contributed by atoms with E-state index in [1.165, 1.54) is 0 Å². The van der Waals surface area contributed by atoms with Crippen molar-refractivity contribution < 1.29 is 9.47 Å². The first-order valence-corrected chi connectivity index (χ1v) is 5.14. The van der Waals surface area contributed by atoms with Crippen molar-refractivity contribution >= 4 is 28.1 Å². The smallest absolute Gasteiger partial charge is 0.144 e. The van der Waals surface area contributed by atoms with Gasteiger partial charge in [0.1, 0.15) is 17.1 Å². The summed E-state index contributed by atoms with van der Waals surface area (Å²) in [6.07, 6.45) is 0. The third-order valence-corrected chi connectivity index (χ3v) is 2.97. The van der Waals surface area contributed by atoms with Crippen molar-refractivity contribution in [3.05, 3.63) is 20.6 Å². The van der Waals surface area contributed by atoms with Crippen LogP contribution in [0.2, 0.25) is 0 Å². The van der Waals surface area contributed by atoms with Gasteiger partial charge in [-0.25, -0.2) is 4.98 Å². The number of hydrogen-bond donors (Lipinski definition) is 1. The van der Waals surface area contributed by atoms with Gasteiger partial charge in [0.2, 0.25) is 0 Å². The van der Waals surface area contributed by atoms with Crippen molar-refractivity contribution in [3.63, 3.8) is 0 Å². The Labute approximate surface area is 95.8 Å². The Hall–Kier alpha value is -0.300. The predicted octanol–water partition coefficient (Wildman–Crippen LogP) is 2.19. The van der Waals surface area contributed by atoms with Crippen molar-refractivity contribution in [3.8, 4) is 0 Å². The van der Waals surface area contributed by atoms with Crippen molar-refractivity contribution in [1.29, 1.82) is 0 Å². The van der Waals surface area contributed by atoms with E-state index < -0.39 is 0 Å². The highest BCUT2D eigenvalue weighted by molar-refractivity contribution is 9.10. The number of aromatic nitrogens is 2. The van der Waals surface area contributed by atoms with Crippen LogP contribution in [0.15, 0.2) is 4.47 Å². The van der Waals surface area contributed by atoms with Crippen molar-refractivity contribution in [1.82, 2.24) is 9.97 Å². The lowest BCUT2D eigenvalue weighted by molar-refractivity contribution is 0.170. The summed E-state index contributed by atoms with van der Waals surface area (Å²) in [5, 5.41) is 0. The Morgan fingerprint density at radius 1 is 1.36 bits per heavy atom. The number of nitrogens with one attached hydrogen (secondary N) is 1. The Morgan fingerprint density at radius 2 is 2.00 bits per heavy atom. The summed E-state index contributed by atoms with van der Waals surface area (Å²) in [6.45, 7) is 0.872. The highest BCUT2D eigenvalue weighted by Gasteiger charge is 2.05. The molecule has 6 heteroatoms. The minimum Gasteiger partial charge on any atom is -0.378 e. The van der Waals surface area contributed by atoms with E-state index in [4.69, 9.17) is 21.7 Å². The van der Waals surface area contributed by atoms with E-state index >= 15 is 0 Å². The summed E-state index contributed by atoms with van der Waals surface area (Å²) in [4.78, 5) is 7.22. The largest absolute Gasteiger partial charge is 0.378 e. The molecule has 1 N–H and O–H groups in total. The molecule has 0 amide bonds. The molecule has 0 saturated heterocycles. The lowest BCUT2D eigenvalue weighted by atomic mass is 10.4. The molecule has 0 aliphatic carbocycles. The zero-order valence-electron chi connectivity index (χ0n) is 7.96. The first kappa shape index (κ1) is 11.8. The van der Waals surface area contributed by atoms with Crippen molar-refractivity contribution in [2.24, 2.45) is 0 Å². The molecule has 0 spiro atoms. The van der Waals surface area contributed by atoms with Crippen LogP contribution in [0.3, 0.4) is 0 Å². The van der Waals surface area contributed by atoms with Gasteiger partial charge in [0, 0.05) is 14.2 Å². The van der Waals surface area contributed by atoms with E-state index in [1.54, 1.807) is 14.2 Å². The van der Waals surface area contributed by atoms with Crippen LogP contribution in [-0.4, -0.2) is 24.2 Å². The number of aromatic amines is 1. The van der Waals surface area contributed by atoms with Gasteiger partial charge in [0.05, 0.1) is 16.8 Å². The van der Waals surface area contributed by atoms with Gasteiger partial charge in [-0.3, -0.25) is 0 Å². The second kappa shape index (κ2) is 5.55. The second-order valence-electron chi connectivity index (χ2n) is 2.65. The van der Waals surface area contributed by atoms with Crippen molar-refractivity contribution in [2.75, 3.05) is 14.2 Å². The van der Waals surface area contributed by atoms with Crippen molar-refractivity contribution in [2.45, 2.75) is 13.2 Å². The molecule has 0 radical (unpaired) electrons. The minimum atomic E-state index is 0.410. The normalized spacial score (nSPS) is 10.5. The van der Waals surface area contributed by atoms with Crippen LogP contribution in [-0.2, 0) is 22.7 Å². The van der Waals surface area contributed by atoms with Crippen LogP contribution < -0.4 is 0 Å². The van der Waals surface area contributed by atoms with E-state index in [0.29, 0.717) is 23.7 Å². The third-order valence-electron chi connectivity index (χ3n) is 1.55. The summed E-state index contributed by atoms with van der Waals surface area (Å²) in [7, 11) is 3.23. The molecule has 0 saturated carbocycles. The maximum Gasteiger partial charge on any atom is 0.144 e. The van der Waals surface area contributed by atoms with E-state index in [1.807, 2.05) is 0 Å². The fourth-order valence-corrected chi connectivity index (χ4v) is 1.54. The molecule has 0 aliphatic rings. The number of methoxy groups -OCH3 is 2. The number of ether oxygens (including phenoxy) is 2. The molecule has 4 nitrogen and oxygen atoms in total. The molecule has 78 valence electrons. The number of nitrogens with zero attached hydrogens (tertiary/aromatic N) is 1. The Morgan fingerprint density at radius 3 is 2.57 bits per heavy atom. The summed E-state index contributed by atoms with van der Waals surface area (Å²) in [5.41, 5.74) is 0.875. The number of hydrogen-bond acceptors (Lipinski definition) is 4. The first-order valence-electron chi connectivity index (χ1n) is 3.94. The first-order chi connectivity index (χ1) is 6.69. The quantitative estimate of drug-likeness (QED) is 0.858. The number of halogens is 1. The highest BCUT2D eigenvalue weighted by Crippen LogP contribution is 2.16. The van der Waals surface area contributed by atoms with E-state index in [9.17, 15) is 0 Å². The summed E-state index contributed by atoms with van der Waals surface area (Å²) >= 11 is 8.42. The molecular formula is C8H11BrN2O2S. The summed E-state index contributed by atoms with van der Waals surface area (Å²) in [6, 6.07) is 0. The van der Waals surface area contributed by atoms with Gasteiger partial charge in [-0.05, 0) is 15.9 Å². The maximum atomic E-state index is 5.07. The molecule has 1 aromatic heterocycles. The zero-order chi connectivity index (χ0) is 10.6. The van der Waals surface area contributed by atoms with Crippen LogP contribution in [0.4, 0.5) is 0 Å². The third kappa shape index (κ3) is 2.84. The average Bonchev–Trinajstić information content (AvgIpc) is 2.14. The molecule has 0 aromatic carbocycles. The van der Waals surface area contributed by atoms with Gasteiger partial charge >= 0.3 is 0 Å². The lowest BCUT2D eigenvalue weighted by Crippen LogP contribution is -2.03. The second-order valence-corrected chi connectivity index (χ2v) is 3.83. The topological polar surface area (TPSA) is 47.1 Å². The van der Waals surface area contributed by atoms with Gasteiger partial charge < -0.3 is 14.5 Å². The maximum absolute atomic E-state index is 5.07. The van der Waals surface area contributed by atoms with Crippen LogP contribution >= 0.6 is 28.1 Å². The standard InChI is InChI=1S/C8H11BrN2O2S/c1-12-3-5-7(9)8(14)11-6(10-5)4-13-2/h3-4H2,1-2H3,(H,10,11,14). The molecule has 0 unspecified atom stereocenters. The lowest BCUT2D eigenvalue weighted by Gasteiger charge is -2.06. The molecule has 0 aliphatic heterocycles. The van der Waals surface area contributed by atoms with E-state index in [-0.39, 0.29) is 0 Å². The van der Waals surface area contributed by atoms with E-state index in [0.717, 1.165) is 10.2 Å². The number of rotatable bonds is 4. The van der Waals surface area contributed by atoms with Gasteiger partial charge in [-0.2, -0.15) is 0 Å². The monoisotopic (exact) mass is 278 g/mol. The Balaban J connectivity index is 3.07. The van der Waals surface area contributed by atoms with Crippen LogP contribution in [0.25, 0.3) is 0 Å². The summed E-state index contributed by atoms with van der Waals surface area (Å²) < 4.78 is 11.3. The molecular weight excluding hydrogens is 268 g/mol. The number of H-pyrrole nitrogens is 1. The van der Waals surface area contributed by atoms with Gasteiger partial charge in [0.25, 0.3) is 0 Å². The van der Waals surface area contributed by atoms with Gasteiger partial charge in [0.15, 0.2) is 0 Å². The van der Waals surface area contributed by atoms with Gasteiger partial charge in [-0.1, -0.05) is 12.2 Å². The molecule has 14 heavy (non-hydrogen) atoms. The highest BCUT2D eigenvalue weighted by atomic mass is 79.9.